The van der Waals surface area contributed by atoms with Crippen LogP contribution in [0.15, 0.2) is 6.20 Å². The second-order valence-electron chi connectivity index (χ2n) is 5.51. The first-order valence-corrected chi connectivity index (χ1v) is 7.26. The number of carbonyl (C=O) groups is 1. The standard InChI is InChI=1S/C14H20N6O/c1-5-6-19-8-12-16-17-13(20(12)10(3)14(19)21)11-7-15-18(4)9(11)2/h7,10H,5-6,8H2,1-4H3/t10-/m0/s1. The van der Waals surface area contributed by atoms with Crippen LogP contribution in [0, 0.1) is 6.92 Å². The monoisotopic (exact) mass is 288 g/mol. The molecule has 1 aliphatic rings. The Bertz CT molecular complexity index is 686. The van der Waals surface area contributed by atoms with Gasteiger partial charge in [-0.15, -0.1) is 10.2 Å². The summed E-state index contributed by atoms with van der Waals surface area (Å²) >= 11 is 0. The largest absolute Gasteiger partial charge is 0.333 e. The van der Waals surface area contributed by atoms with Crippen LogP contribution in [0.25, 0.3) is 11.4 Å². The molecule has 0 N–H and O–H groups in total. The average Bonchev–Trinajstić information content (AvgIpc) is 3.01. The molecule has 0 spiro atoms. The quantitative estimate of drug-likeness (QED) is 0.853. The van der Waals surface area contributed by atoms with Gasteiger partial charge in [0.25, 0.3) is 0 Å². The number of nitrogens with zero attached hydrogens (tertiary/aromatic N) is 6. The number of aromatic nitrogens is 5. The summed E-state index contributed by atoms with van der Waals surface area (Å²) in [7, 11) is 1.89. The Morgan fingerprint density at radius 1 is 1.38 bits per heavy atom. The second kappa shape index (κ2) is 4.98. The molecule has 112 valence electrons. The molecule has 3 heterocycles. The molecule has 7 heteroatoms. The van der Waals surface area contributed by atoms with Gasteiger partial charge >= 0.3 is 0 Å². The molecule has 7 nitrogen and oxygen atoms in total. The van der Waals surface area contributed by atoms with Gasteiger partial charge in [-0.25, -0.2) is 0 Å². The van der Waals surface area contributed by atoms with Gasteiger partial charge in [0.15, 0.2) is 11.6 Å². The van der Waals surface area contributed by atoms with Crippen molar-refractivity contribution in [1.29, 1.82) is 0 Å². The number of hydrogen-bond acceptors (Lipinski definition) is 4. The fraction of sp³-hybridized carbons (Fsp3) is 0.571. The van der Waals surface area contributed by atoms with E-state index < -0.39 is 0 Å². The van der Waals surface area contributed by atoms with Crippen molar-refractivity contribution < 1.29 is 4.79 Å². The lowest BCUT2D eigenvalue weighted by Crippen LogP contribution is -2.42. The molecule has 1 atom stereocenters. The highest BCUT2D eigenvalue weighted by Crippen LogP contribution is 2.29. The highest BCUT2D eigenvalue weighted by atomic mass is 16.2. The highest BCUT2D eigenvalue weighted by Gasteiger charge is 2.33. The normalized spacial score (nSPS) is 18.2. The molecule has 0 aromatic carbocycles. The van der Waals surface area contributed by atoms with Gasteiger partial charge in [-0.3, -0.25) is 14.0 Å². The molecule has 1 amide bonds. The molecule has 0 unspecified atom stereocenters. The Morgan fingerprint density at radius 3 is 2.76 bits per heavy atom. The zero-order valence-electron chi connectivity index (χ0n) is 12.9. The highest BCUT2D eigenvalue weighted by molar-refractivity contribution is 5.82. The molecule has 0 bridgehead atoms. The lowest BCUT2D eigenvalue weighted by molar-refractivity contribution is -0.136. The van der Waals surface area contributed by atoms with E-state index in [1.54, 1.807) is 10.9 Å². The first-order chi connectivity index (χ1) is 10.0. The topological polar surface area (TPSA) is 68.8 Å². The summed E-state index contributed by atoms with van der Waals surface area (Å²) in [5, 5.41) is 12.8. The molecule has 0 fully saturated rings. The molecular formula is C14H20N6O. The minimum absolute atomic E-state index is 0.131. The maximum absolute atomic E-state index is 12.5. The average molecular weight is 288 g/mol. The Labute approximate surface area is 123 Å². The lowest BCUT2D eigenvalue weighted by atomic mass is 10.1. The van der Waals surface area contributed by atoms with Crippen molar-refractivity contribution in [3.63, 3.8) is 0 Å². The van der Waals surface area contributed by atoms with Gasteiger partial charge in [0, 0.05) is 19.3 Å². The Balaban J connectivity index is 2.06. The number of aryl methyl sites for hydroxylation is 1. The SMILES string of the molecule is CCCN1Cc2nnc(-c3cnn(C)c3C)n2[C@@H](C)C1=O. The first-order valence-electron chi connectivity index (χ1n) is 7.26. The van der Waals surface area contributed by atoms with Crippen molar-refractivity contribution in [2.24, 2.45) is 7.05 Å². The molecule has 2 aromatic rings. The predicted molar refractivity (Wildman–Crippen MR) is 77.4 cm³/mol. The third kappa shape index (κ3) is 2.03. The summed E-state index contributed by atoms with van der Waals surface area (Å²) in [4.78, 5) is 14.3. The Hall–Kier alpha value is -2.18. The van der Waals surface area contributed by atoms with Crippen LogP contribution in [0.1, 0.15) is 37.8 Å². The van der Waals surface area contributed by atoms with Gasteiger partial charge in [0.1, 0.15) is 6.04 Å². The van der Waals surface area contributed by atoms with Crippen LogP contribution in [-0.4, -0.2) is 41.9 Å². The zero-order chi connectivity index (χ0) is 15.1. The zero-order valence-corrected chi connectivity index (χ0v) is 12.9. The van der Waals surface area contributed by atoms with Crippen LogP contribution in [0.3, 0.4) is 0 Å². The lowest BCUT2D eigenvalue weighted by Gasteiger charge is -2.31. The Kier molecular flexibility index (Phi) is 3.27. The van der Waals surface area contributed by atoms with Crippen LogP contribution in [0.4, 0.5) is 0 Å². The summed E-state index contributed by atoms with van der Waals surface area (Å²) < 4.78 is 3.74. The molecule has 2 aromatic heterocycles. The Morgan fingerprint density at radius 2 is 2.14 bits per heavy atom. The minimum atomic E-state index is -0.273. The maximum atomic E-state index is 12.5. The van der Waals surface area contributed by atoms with E-state index in [-0.39, 0.29) is 11.9 Å². The van der Waals surface area contributed by atoms with E-state index in [2.05, 4.69) is 22.2 Å². The van der Waals surface area contributed by atoms with E-state index in [4.69, 9.17) is 0 Å². The van der Waals surface area contributed by atoms with Crippen LogP contribution in [-0.2, 0) is 18.4 Å². The molecule has 0 radical (unpaired) electrons. The third-order valence-corrected chi connectivity index (χ3v) is 4.12. The van der Waals surface area contributed by atoms with Gasteiger partial charge in [-0.1, -0.05) is 6.92 Å². The van der Waals surface area contributed by atoms with Gasteiger partial charge < -0.3 is 4.90 Å². The van der Waals surface area contributed by atoms with Gasteiger partial charge in [-0.05, 0) is 20.3 Å². The van der Waals surface area contributed by atoms with Crippen molar-refractivity contribution >= 4 is 5.91 Å². The van der Waals surface area contributed by atoms with Crippen LogP contribution in [0.5, 0.6) is 0 Å². The van der Waals surface area contributed by atoms with E-state index in [0.717, 1.165) is 35.9 Å². The molecule has 21 heavy (non-hydrogen) atoms. The number of hydrogen-bond donors (Lipinski definition) is 0. The maximum Gasteiger partial charge on any atom is 0.245 e. The van der Waals surface area contributed by atoms with Crippen molar-refractivity contribution in [2.75, 3.05) is 6.54 Å². The number of carbonyl (C=O) groups excluding carboxylic acids is 1. The first kappa shape index (κ1) is 13.8. The van der Waals surface area contributed by atoms with Crippen LogP contribution in [0.2, 0.25) is 0 Å². The van der Waals surface area contributed by atoms with Crippen LogP contribution < -0.4 is 0 Å². The number of amides is 1. The molecule has 0 aliphatic carbocycles. The minimum Gasteiger partial charge on any atom is -0.333 e. The number of rotatable bonds is 3. The van der Waals surface area contributed by atoms with E-state index in [1.807, 2.05) is 30.4 Å². The third-order valence-electron chi connectivity index (χ3n) is 4.12. The van der Waals surface area contributed by atoms with Gasteiger partial charge in [-0.2, -0.15) is 5.10 Å². The van der Waals surface area contributed by atoms with Crippen molar-refractivity contribution in [2.45, 2.75) is 39.8 Å². The van der Waals surface area contributed by atoms with E-state index in [0.29, 0.717) is 6.54 Å². The molecular weight excluding hydrogens is 268 g/mol. The van der Waals surface area contributed by atoms with E-state index in [1.165, 1.54) is 0 Å². The molecule has 0 saturated carbocycles. The summed E-state index contributed by atoms with van der Waals surface area (Å²) in [6.07, 6.45) is 2.73. The summed E-state index contributed by atoms with van der Waals surface area (Å²) in [6.45, 7) is 7.26. The molecule has 3 rings (SSSR count). The predicted octanol–water partition coefficient (Wildman–Crippen LogP) is 1.30. The van der Waals surface area contributed by atoms with E-state index >= 15 is 0 Å². The second-order valence-corrected chi connectivity index (χ2v) is 5.51. The molecule has 1 aliphatic heterocycles. The summed E-state index contributed by atoms with van der Waals surface area (Å²) in [5.41, 5.74) is 1.95. The van der Waals surface area contributed by atoms with Crippen LogP contribution >= 0.6 is 0 Å². The van der Waals surface area contributed by atoms with Crippen molar-refractivity contribution in [3.05, 3.63) is 17.7 Å². The molecule has 0 saturated heterocycles. The van der Waals surface area contributed by atoms with Crippen molar-refractivity contribution in [1.82, 2.24) is 29.4 Å². The number of fused-ring (bicyclic) bond motifs is 1. The summed E-state index contributed by atoms with van der Waals surface area (Å²) in [6, 6.07) is -0.273. The smallest absolute Gasteiger partial charge is 0.245 e. The summed E-state index contributed by atoms with van der Waals surface area (Å²) in [5.74, 6) is 1.70. The van der Waals surface area contributed by atoms with E-state index in [9.17, 15) is 4.79 Å². The van der Waals surface area contributed by atoms with Gasteiger partial charge in [0.05, 0.1) is 18.3 Å². The van der Waals surface area contributed by atoms with Gasteiger partial charge in [0.2, 0.25) is 5.91 Å². The van der Waals surface area contributed by atoms with Crippen molar-refractivity contribution in [3.8, 4) is 11.4 Å². The fourth-order valence-electron chi connectivity index (χ4n) is 2.82. The fourth-order valence-corrected chi connectivity index (χ4v) is 2.82.